The van der Waals surface area contributed by atoms with Crippen molar-refractivity contribution in [3.05, 3.63) is 53.6 Å². The van der Waals surface area contributed by atoms with E-state index in [0.717, 1.165) is 11.1 Å². The molecule has 2 atom stereocenters. The molecule has 0 bridgehead atoms. The van der Waals surface area contributed by atoms with Crippen LogP contribution in [0.1, 0.15) is 24.5 Å². The Balaban J connectivity index is 1.61. The van der Waals surface area contributed by atoms with Gasteiger partial charge in [0.05, 0.1) is 18.7 Å². The number of rotatable bonds is 6. The maximum absolute atomic E-state index is 12.6. The fourth-order valence-electron chi connectivity index (χ4n) is 3.46. The Bertz CT molecular complexity index is 972. The topological polar surface area (TPSA) is 84.9 Å². The lowest BCUT2D eigenvalue weighted by Crippen LogP contribution is -2.33. The summed E-state index contributed by atoms with van der Waals surface area (Å²) in [5.74, 6) is -1.25. The fraction of sp³-hybridized carbons (Fsp3) is 0.348. The minimum absolute atomic E-state index is 0.0301. The van der Waals surface area contributed by atoms with Gasteiger partial charge in [-0.3, -0.25) is 14.4 Å². The smallest absolute Gasteiger partial charge is 0.312 e. The van der Waals surface area contributed by atoms with E-state index in [-0.39, 0.29) is 18.9 Å². The maximum atomic E-state index is 12.6. The van der Waals surface area contributed by atoms with E-state index in [1.54, 1.807) is 18.2 Å². The molecule has 7 heteroatoms. The van der Waals surface area contributed by atoms with E-state index < -0.39 is 23.9 Å². The van der Waals surface area contributed by atoms with Crippen molar-refractivity contribution < 1.29 is 23.9 Å². The molecule has 0 aliphatic carbocycles. The second kappa shape index (κ2) is 8.98. The molecule has 2 aromatic carbocycles. The summed E-state index contributed by atoms with van der Waals surface area (Å²) in [5, 5.41) is 2.78. The number of amides is 2. The molecule has 30 heavy (non-hydrogen) atoms. The van der Waals surface area contributed by atoms with Crippen molar-refractivity contribution in [2.75, 3.05) is 23.9 Å². The number of para-hydroxylation sites is 2. The molecule has 0 unspecified atom stereocenters. The number of benzene rings is 2. The molecule has 1 aliphatic heterocycles. The minimum Gasteiger partial charge on any atom is -0.495 e. The fourth-order valence-corrected chi connectivity index (χ4v) is 3.46. The molecule has 3 rings (SSSR count). The summed E-state index contributed by atoms with van der Waals surface area (Å²) >= 11 is 0. The van der Waals surface area contributed by atoms with Crippen LogP contribution in [0.25, 0.3) is 0 Å². The molecule has 0 spiro atoms. The van der Waals surface area contributed by atoms with E-state index in [0.29, 0.717) is 17.1 Å². The molecule has 1 N–H and O–H groups in total. The summed E-state index contributed by atoms with van der Waals surface area (Å²) in [6, 6.07) is 12.8. The summed E-state index contributed by atoms with van der Waals surface area (Å²) < 4.78 is 10.7. The second-order valence-electron chi connectivity index (χ2n) is 7.46. The number of aryl methyl sites for hydroxylation is 2. The number of methoxy groups -OCH3 is 1. The van der Waals surface area contributed by atoms with E-state index in [1.807, 2.05) is 38.1 Å². The third kappa shape index (κ3) is 4.62. The SMILES string of the molecule is COc1ccccc1N1C[C@@H](C(=O)O[C@H](C)C(=O)Nc2ccc(C)cc2C)CC1=O. The highest BCUT2D eigenvalue weighted by Crippen LogP contribution is 2.33. The predicted molar refractivity (Wildman–Crippen MR) is 114 cm³/mol. The van der Waals surface area contributed by atoms with Crippen LogP contribution in [0, 0.1) is 19.8 Å². The molecule has 1 fully saturated rings. The van der Waals surface area contributed by atoms with Gasteiger partial charge in [0.1, 0.15) is 5.75 Å². The average Bonchev–Trinajstić information content (AvgIpc) is 3.11. The Kier molecular flexibility index (Phi) is 6.40. The number of carbonyl (C=O) groups is 3. The Morgan fingerprint density at radius 1 is 1.17 bits per heavy atom. The van der Waals surface area contributed by atoms with Crippen LogP contribution in [0.2, 0.25) is 0 Å². The van der Waals surface area contributed by atoms with Gasteiger partial charge < -0.3 is 19.7 Å². The summed E-state index contributed by atoms with van der Waals surface area (Å²) in [4.78, 5) is 39.0. The highest BCUT2D eigenvalue weighted by atomic mass is 16.5. The second-order valence-corrected chi connectivity index (χ2v) is 7.46. The van der Waals surface area contributed by atoms with Crippen molar-refractivity contribution in [1.29, 1.82) is 0 Å². The Hall–Kier alpha value is -3.35. The zero-order valence-corrected chi connectivity index (χ0v) is 17.6. The molecule has 1 aliphatic rings. The molecule has 2 amide bonds. The molecular weight excluding hydrogens is 384 g/mol. The van der Waals surface area contributed by atoms with E-state index in [2.05, 4.69) is 5.32 Å². The standard InChI is InChI=1S/C23H26N2O5/c1-14-9-10-18(15(2)11-14)24-22(27)16(3)30-23(28)17-12-21(26)25(13-17)19-7-5-6-8-20(19)29-4/h5-11,16-17H,12-13H2,1-4H3,(H,24,27)/t16-,17+/m1/s1. The van der Waals surface area contributed by atoms with E-state index in [1.165, 1.54) is 18.9 Å². The monoisotopic (exact) mass is 410 g/mol. The van der Waals surface area contributed by atoms with Gasteiger partial charge in [-0.05, 0) is 44.5 Å². The zero-order valence-electron chi connectivity index (χ0n) is 17.6. The highest BCUT2D eigenvalue weighted by Gasteiger charge is 2.38. The van der Waals surface area contributed by atoms with Crippen LogP contribution in [0.5, 0.6) is 5.75 Å². The summed E-state index contributed by atoms with van der Waals surface area (Å²) in [7, 11) is 1.53. The van der Waals surface area contributed by atoms with Crippen LogP contribution < -0.4 is 15.0 Å². The van der Waals surface area contributed by atoms with Crippen molar-refractivity contribution in [1.82, 2.24) is 0 Å². The van der Waals surface area contributed by atoms with Crippen LogP contribution >= 0.6 is 0 Å². The Labute approximate surface area is 176 Å². The van der Waals surface area contributed by atoms with Crippen molar-refractivity contribution in [2.45, 2.75) is 33.3 Å². The van der Waals surface area contributed by atoms with Gasteiger partial charge in [-0.1, -0.05) is 29.8 Å². The number of nitrogens with one attached hydrogen (secondary N) is 1. The van der Waals surface area contributed by atoms with Crippen LogP contribution in [0.4, 0.5) is 11.4 Å². The largest absolute Gasteiger partial charge is 0.495 e. The average molecular weight is 410 g/mol. The number of nitrogens with zero attached hydrogens (tertiary/aromatic N) is 1. The summed E-state index contributed by atoms with van der Waals surface area (Å²) in [6.07, 6.45) is -0.948. The van der Waals surface area contributed by atoms with Gasteiger partial charge in [-0.25, -0.2) is 0 Å². The van der Waals surface area contributed by atoms with E-state index in [9.17, 15) is 14.4 Å². The first-order chi connectivity index (χ1) is 14.3. The lowest BCUT2D eigenvalue weighted by Gasteiger charge is -2.20. The summed E-state index contributed by atoms with van der Waals surface area (Å²) in [5.41, 5.74) is 3.30. The quantitative estimate of drug-likeness (QED) is 0.739. The van der Waals surface area contributed by atoms with Crippen LogP contribution in [0.3, 0.4) is 0 Å². The van der Waals surface area contributed by atoms with Crippen molar-refractivity contribution in [3.63, 3.8) is 0 Å². The van der Waals surface area contributed by atoms with Crippen LogP contribution in [0.15, 0.2) is 42.5 Å². The molecule has 2 aromatic rings. The molecule has 0 radical (unpaired) electrons. The van der Waals surface area contributed by atoms with Crippen molar-refractivity contribution >= 4 is 29.2 Å². The van der Waals surface area contributed by atoms with Gasteiger partial charge in [0.2, 0.25) is 5.91 Å². The third-order valence-corrected chi connectivity index (χ3v) is 5.14. The molecule has 0 aromatic heterocycles. The van der Waals surface area contributed by atoms with E-state index >= 15 is 0 Å². The Morgan fingerprint density at radius 3 is 2.60 bits per heavy atom. The number of hydrogen-bond acceptors (Lipinski definition) is 5. The lowest BCUT2D eigenvalue weighted by molar-refractivity contribution is -0.157. The number of anilines is 2. The molecule has 1 saturated heterocycles. The molecule has 0 saturated carbocycles. The van der Waals surface area contributed by atoms with Crippen molar-refractivity contribution in [3.8, 4) is 5.75 Å². The van der Waals surface area contributed by atoms with Gasteiger partial charge in [-0.2, -0.15) is 0 Å². The molecule has 1 heterocycles. The third-order valence-electron chi connectivity index (χ3n) is 5.14. The zero-order chi connectivity index (χ0) is 21.8. The van der Waals surface area contributed by atoms with Gasteiger partial charge >= 0.3 is 5.97 Å². The molecular formula is C23H26N2O5. The van der Waals surface area contributed by atoms with Crippen LogP contribution in [-0.2, 0) is 19.1 Å². The number of carbonyl (C=O) groups excluding carboxylic acids is 3. The lowest BCUT2D eigenvalue weighted by atomic mass is 10.1. The van der Waals surface area contributed by atoms with Crippen LogP contribution in [-0.4, -0.2) is 37.5 Å². The van der Waals surface area contributed by atoms with Gasteiger partial charge in [0, 0.05) is 18.7 Å². The van der Waals surface area contributed by atoms with Gasteiger partial charge in [-0.15, -0.1) is 0 Å². The highest BCUT2D eigenvalue weighted by molar-refractivity contribution is 6.01. The minimum atomic E-state index is -0.978. The number of esters is 1. The molecule has 7 nitrogen and oxygen atoms in total. The number of hydrogen-bond donors (Lipinski definition) is 1. The number of ether oxygens (including phenoxy) is 2. The predicted octanol–water partition coefficient (Wildman–Crippen LogP) is 3.24. The first kappa shape index (κ1) is 21.4. The molecule has 158 valence electrons. The van der Waals surface area contributed by atoms with Gasteiger partial charge in [0.25, 0.3) is 5.91 Å². The van der Waals surface area contributed by atoms with E-state index in [4.69, 9.17) is 9.47 Å². The first-order valence-corrected chi connectivity index (χ1v) is 9.82. The first-order valence-electron chi connectivity index (χ1n) is 9.82. The normalized spacial score (nSPS) is 16.9. The Morgan fingerprint density at radius 2 is 1.90 bits per heavy atom. The summed E-state index contributed by atoms with van der Waals surface area (Å²) in [6.45, 7) is 5.57. The van der Waals surface area contributed by atoms with Crippen molar-refractivity contribution in [2.24, 2.45) is 5.92 Å². The maximum Gasteiger partial charge on any atom is 0.312 e. The van der Waals surface area contributed by atoms with Gasteiger partial charge in [0.15, 0.2) is 6.10 Å².